The largest absolute Gasteiger partial charge is 0.467 e. The first-order valence-corrected chi connectivity index (χ1v) is 2.74. The molecule has 10 heavy (non-hydrogen) atoms. The quantitative estimate of drug-likeness (QED) is 0.383. The summed E-state index contributed by atoms with van der Waals surface area (Å²) >= 11 is 0. The molecule has 5 heteroatoms. The maximum atomic E-state index is 10.4. The summed E-state index contributed by atoms with van der Waals surface area (Å²) in [6.45, 7) is 0.0309. The number of esters is 1. The minimum Gasteiger partial charge on any atom is -0.467 e. The normalized spacial score (nSPS) is 12.7. The highest BCUT2D eigenvalue weighted by Crippen LogP contribution is 1.83. The van der Waals surface area contributed by atoms with Crippen LogP contribution >= 0.6 is 0 Å². The van der Waals surface area contributed by atoms with Gasteiger partial charge in [-0.3, -0.25) is 0 Å². The van der Waals surface area contributed by atoms with Crippen LogP contribution in [0.3, 0.4) is 0 Å². The van der Waals surface area contributed by atoms with Gasteiger partial charge >= 0.3 is 5.97 Å². The average molecular weight is 149 g/mol. The number of methoxy groups -OCH3 is 1. The van der Waals surface area contributed by atoms with Crippen molar-refractivity contribution in [3.05, 3.63) is 0 Å². The van der Waals surface area contributed by atoms with Gasteiger partial charge in [0.25, 0.3) is 0 Å². The van der Waals surface area contributed by atoms with Gasteiger partial charge in [0.05, 0.1) is 20.8 Å². The number of hydroxylamine groups is 1. The van der Waals surface area contributed by atoms with Crippen molar-refractivity contribution in [1.82, 2.24) is 5.48 Å². The lowest BCUT2D eigenvalue weighted by Gasteiger charge is -2.06. The number of ether oxygens (including phenoxy) is 1. The molecule has 0 saturated heterocycles. The third-order valence-corrected chi connectivity index (χ3v) is 0.894. The molecule has 1 atom stereocenters. The van der Waals surface area contributed by atoms with Crippen molar-refractivity contribution in [2.75, 3.05) is 20.8 Å². The smallest absolute Gasteiger partial charge is 0.336 e. The second-order valence-electron chi connectivity index (χ2n) is 1.59. The summed E-state index contributed by atoms with van der Waals surface area (Å²) in [6.07, 6.45) is -1.16. The van der Waals surface area contributed by atoms with Crippen LogP contribution in [0.1, 0.15) is 0 Å². The van der Waals surface area contributed by atoms with Crippen molar-refractivity contribution in [3.8, 4) is 0 Å². The molecule has 0 aliphatic carbocycles. The van der Waals surface area contributed by atoms with Gasteiger partial charge < -0.3 is 14.7 Å². The van der Waals surface area contributed by atoms with Crippen LogP contribution in [-0.4, -0.2) is 37.9 Å². The Morgan fingerprint density at radius 1 is 1.70 bits per heavy atom. The molecule has 0 heterocycles. The number of hydrogen-bond acceptors (Lipinski definition) is 5. The fourth-order valence-corrected chi connectivity index (χ4v) is 0.382. The predicted octanol–water partition coefficient (Wildman–Crippen LogP) is -1.33. The van der Waals surface area contributed by atoms with Gasteiger partial charge in [-0.05, 0) is 0 Å². The number of hydrogen-bond donors (Lipinski definition) is 2. The zero-order valence-corrected chi connectivity index (χ0v) is 5.96. The lowest BCUT2D eigenvalue weighted by atomic mass is 10.4. The molecule has 0 aromatic rings. The first-order valence-electron chi connectivity index (χ1n) is 2.74. The van der Waals surface area contributed by atoms with E-state index in [0.29, 0.717) is 0 Å². The van der Waals surface area contributed by atoms with Crippen molar-refractivity contribution >= 4 is 5.97 Å². The van der Waals surface area contributed by atoms with Crippen LogP contribution in [0.4, 0.5) is 0 Å². The van der Waals surface area contributed by atoms with E-state index in [1.165, 1.54) is 14.2 Å². The molecular weight excluding hydrogens is 138 g/mol. The summed E-state index contributed by atoms with van der Waals surface area (Å²) < 4.78 is 4.22. The predicted molar refractivity (Wildman–Crippen MR) is 33.0 cm³/mol. The lowest BCUT2D eigenvalue weighted by Crippen LogP contribution is -2.33. The summed E-state index contributed by atoms with van der Waals surface area (Å²) in [4.78, 5) is 14.8. The number of aliphatic hydroxyl groups is 1. The van der Waals surface area contributed by atoms with Gasteiger partial charge in [0, 0.05) is 0 Å². The summed E-state index contributed by atoms with van der Waals surface area (Å²) in [5.74, 6) is -0.676. The molecule has 1 unspecified atom stereocenters. The minimum atomic E-state index is -1.16. The number of carbonyl (C=O) groups excluding carboxylic acids is 1. The van der Waals surface area contributed by atoms with E-state index >= 15 is 0 Å². The highest BCUT2D eigenvalue weighted by Gasteiger charge is 2.13. The Balaban J connectivity index is 3.41. The molecule has 0 aromatic heterocycles. The first-order chi connectivity index (χ1) is 4.72. The second kappa shape index (κ2) is 5.16. The molecular formula is C5H11NO4. The van der Waals surface area contributed by atoms with Gasteiger partial charge in [-0.2, -0.15) is 5.48 Å². The number of rotatable bonds is 4. The molecule has 60 valence electrons. The zero-order valence-electron chi connectivity index (χ0n) is 5.96. The van der Waals surface area contributed by atoms with Crippen molar-refractivity contribution in [1.29, 1.82) is 0 Å². The molecule has 0 fully saturated rings. The van der Waals surface area contributed by atoms with Gasteiger partial charge in [-0.1, -0.05) is 0 Å². The van der Waals surface area contributed by atoms with Gasteiger partial charge in [0.1, 0.15) is 0 Å². The first kappa shape index (κ1) is 9.35. The van der Waals surface area contributed by atoms with Gasteiger partial charge in [-0.25, -0.2) is 4.79 Å². The van der Waals surface area contributed by atoms with Crippen LogP contribution in [0.2, 0.25) is 0 Å². The van der Waals surface area contributed by atoms with E-state index in [-0.39, 0.29) is 6.54 Å². The Morgan fingerprint density at radius 3 is 2.70 bits per heavy atom. The van der Waals surface area contributed by atoms with E-state index in [1.807, 2.05) is 0 Å². The lowest BCUT2D eigenvalue weighted by molar-refractivity contribution is -0.151. The molecule has 0 bridgehead atoms. The van der Waals surface area contributed by atoms with Crippen LogP contribution in [0.15, 0.2) is 0 Å². The van der Waals surface area contributed by atoms with Crippen LogP contribution in [-0.2, 0) is 14.4 Å². The SMILES string of the molecule is CONCC(O)C(=O)OC. The van der Waals surface area contributed by atoms with Crippen molar-refractivity contribution in [3.63, 3.8) is 0 Å². The standard InChI is InChI=1S/C5H11NO4/c1-9-5(8)4(7)3-6-10-2/h4,6-7H,3H2,1-2H3. The van der Waals surface area contributed by atoms with Crippen LogP contribution in [0.5, 0.6) is 0 Å². The van der Waals surface area contributed by atoms with E-state index in [4.69, 9.17) is 5.11 Å². The Labute approximate surface area is 58.9 Å². The van der Waals surface area contributed by atoms with Crippen molar-refractivity contribution in [2.24, 2.45) is 0 Å². The molecule has 0 radical (unpaired) electrons. The molecule has 0 aliphatic heterocycles. The summed E-state index contributed by atoms with van der Waals surface area (Å²) in [5, 5.41) is 8.83. The number of carbonyl (C=O) groups is 1. The highest BCUT2D eigenvalue weighted by atomic mass is 16.6. The molecule has 5 nitrogen and oxygen atoms in total. The fourth-order valence-electron chi connectivity index (χ4n) is 0.382. The topological polar surface area (TPSA) is 67.8 Å². The average Bonchev–Trinajstić information content (AvgIpc) is 1.98. The van der Waals surface area contributed by atoms with Gasteiger partial charge in [-0.15, -0.1) is 0 Å². The molecule has 0 spiro atoms. The Kier molecular flexibility index (Phi) is 4.82. The zero-order chi connectivity index (χ0) is 7.98. The molecule has 2 N–H and O–H groups in total. The number of aliphatic hydroxyl groups excluding tert-OH is 1. The maximum absolute atomic E-state index is 10.4. The summed E-state index contributed by atoms with van der Waals surface area (Å²) in [6, 6.07) is 0. The summed E-state index contributed by atoms with van der Waals surface area (Å²) in [5.41, 5.74) is 2.31. The van der Waals surface area contributed by atoms with Crippen LogP contribution in [0, 0.1) is 0 Å². The van der Waals surface area contributed by atoms with Crippen LogP contribution in [0.25, 0.3) is 0 Å². The van der Waals surface area contributed by atoms with E-state index in [0.717, 1.165) is 0 Å². The fraction of sp³-hybridized carbons (Fsp3) is 0.800. The number of nitrogens with one attached hydrogen (secondary N) is 1. The Morgan fingerprint density at radius 2 is 2.30 bits per heavy atom. The van der Waals surface area contributed by atoms with Crippen LogP contribution < -0.4 is 5.48 Å². The molecule has 0 amide bonds. The monoisotopic (exact) mass is 149 g/mol. The maximum Gasteiger partial charge on any atom is 0.336 e. The summed E-state index contributed by atoms with van der Waals surface area (Å²) in [7, 11) is 2.60. The minimum absolute atomic E-state index is 0.0309. The van der Waals surface area contributed by atoms with Crippen molar-refractivity contribution in [2.45, 2.75) is 6.10 Å². The van der Waals surface area contributed by atoms with Crippen molar-refractivity contribution < 1.29 is 19.5 Å². The Hall–Kier alpha value is -0.650. The van der Waals surface area contributed by atoms with Gasteiger partial charge in [0.2, 0.25) is 0 Å². The molecule has 0 saturated carbocycles. The third-order valence-electron chi connectivity index (χ3n) is 0.894. The molecule has 0 rings (SSSR count). The molecule has 0 aliphatic rings. The van der Waals surface area contributed by atoms with Gasteiger partial charge in [0.15, 0.2) is 6.10 Å². The van der Waals surface area contributed by atoms with E-state index in [1.54, 1.807) is 0 Å². The third kappa shape index (κ3) is 3.39. The highest BCUT2D eigenvalue weighted by molar-refractivity contribution is 5.74. The Bertz CT molecular complexity index is 106. The molecule has 0 aromatic carbocycles. The van der Waals surface area contributed by atoms with E-state index < -0.39 is 12.1 Å². The van der Waals surface area contributed by atoms with E-state index in [2.05, 4.69) is 15.1 Å². The second-order valence-corrected chi connectivity index (χ2v) is 1.59. The van der Waals surface area contributed by atoms with E-state index in [9.17, 15) is 4.79 Å².